The molecule has 2 N–H and O–H groups in total. The lowest BCUT2D eigenvalue weighted by atomic mass is 10.2. The van der Waals surface area contributed by atoms with E-state index in [2.05, 4.69) is 6.07 Å². The van der Waals surface area contributed by atoms with Gasteiger partial charge < -0.3 is 5.73 Å². The highest BCUT2D eigenvalue weighted by Crippen LogP contribution is 2.31. The number of hydrogen-bond acceptors (Lipinski definition) is 3. The molecule has 0 spiro atoms. The molecule has 0 amide bonds. The number of rotatable bonds is 2. The Morgan fingerprint density at radius 3 is 2.50 bits per heavy atom. The highest BCUT2D eigenvalue weighted by molar-refractivity contribution is 7.99. The molecule has 16 heavy (non-hydrogen) atoms. The summed E-state index contributed by atoms with van der Waals surface area (Å²) in [6.07, 6.45) is 0. The molecule has 0 aliphatic heterocycles. The van der Waals surface area contributed by atoms with Crippen LogP contribution in [0.4, 0.5) is 5.69 Å². The lowest BCUT2D eigenvalue weighted by Gasteiger charge is -2.04. The van der Waals surface area contributed by atoms with E-state index in [1.165, 1.54) is 0 Å². The van der Waals surface area contributed by atoms with E-state index in [-0.39, 0.29) is 0 Å². The summed E-state index contributed by atoms with van der Waals surface area (Å²) in [5.41, 5.74) is 7.05. The normalized spacial score (nSPS) is 9.69. The van der Waals surface area contributed by atoms with Crippen molar-refractivity contribution in [3.63, 3.8) is 0 Å². The fourth-order valence-corrected chi connectivity index (χ4v) is 2.30. The van der Waals surface area contributed by atoms with Crippen molar-refractivity contribution < 1.29 is 0 Å². The van der Waals surface area contributed by atoms with Crippen molar-refractivity contribution >= 4 is 17.4 Å². The van der Waals surface area contributed by atoms with E-state index in [1.54, 1.807) is 23.9 Å². The Kier molecular flexibility index (Phi) is 3.13. The second-order valence-electron chi connectivity index (χ2n) is 3.28. The number of hydrogen-bond donors (Lipinski definition) is 1. The number of nitrogen functional groups attached to an aromatic ring is 1. The van der Waals surface area contributed by atoms with Gasteiger partial charge in [0.05, 0.1) is 5.56 Å². The molecule has 0 atom stereocenters. The van der Waals surface area contributed by atoms with Crippen molar-refractivity contribution in [2.24, 2.45) is 0 Å². The maximum atomic E-state index is 8.98. The minimum Gasteiger partial charge on any atom is -0.399 e. The summed E-state index contributed by atoms with van der Waals surface area (Å²) in [7, 11) is 0. The van der Waals surface area contributed by atoms with E-state index >= 15 is 0 Å². The average molecular weight is 226 g/mol. The van der Waals surface area contributed by atoms with Crippen LogP contribution < -0.4 is 5.73 Å². The number of nitriles is 1. The zero-order chi connectivity index (χ0) is 11.4. The highest BCUT2D eigenvalue weighted by atomic mass is 32.2. The van der Waals surface area contributed by atoms with E-state index in [4.69, 9.17) is 11.0 Å². The van der Waals surface area contributed by atoms with E-state index in [0.717, 1.165) is 9.79 Å². The van der Waals surface area contributed by atoms with Crippen LogP contribution in [0.15, 0.2) is 58.3 Å². The molecule has 78 valence electrons. The van der Waals surface area contributed by atoms with Crippen molar-refractivity contribution in [2.75, 3.05) is 5.73 Å². The molecule has 0 fully saturated rings. The van der Waals surface area contributed by atoms with Crippen LogP contribution in [-0.2, 0) is 0 Å². The first-order valence-corrected chi connectivity index (χ1v) is 5.64. The van der Waals surface area contributed by atoms with Crippen LogP contribution >= 0.6 is 11.8 Å². The van der Waals surface area contributed by atoms with Gasteiger partial charge in [-0.25, -0.2) is 0 Å². The molecule has 0 saturated carbocycles. The lowest BCUT2D eigenvalue weighted by Crippen LogP contribution is -1.87. The van der Waals surface area contributed by atoms with Crippen LogP contribution in [-0.4, -0.2) is 0 Å². The van der Waals surface area contributed by atoms with Gasteiger partial charge in [-0.1, -0.05) is 30.0 Å². The molecular weight excluding hydrogens is 216 g/mol. The Balaban J connectivity index is 2.35. The Hall–Kier alpha value is -1.92. The standard InChI is InChI=1S/C13H10N2S/c14-9-10-6-7-11(15)8-13(10)16-12-4-2-1-3-5-12/h1-8H,15H2. The van der Waals surface area contributed by atoms with Crippen molar-refractivity contribution in [3.8, 4) is 6.07 Å². The first-order chi connectivity index (χ1) is 7.79. The van der Waals surface area contributed by atoms with Crippen LogP contribution in [0, 0.1) is 11.3 Å². The van der Waals surface area contributed by atoms with E-state index in [1.807, 2.05) is 36.4 Å². The molecule has 0 unspecified atom stereocenters. The van der Waals surface area contributed by atoms with E-state index in [9.17, 15) is 0 Å². The van der Waals surface area contributed by atoms with Gasteiger partial charge in [0.25, 0.3) is 0 Å². The number of nitrogens with zero attached hydrogens (tertiary/aromatic N) is 1. The summed E-state index contributed by atoms with van der Waals surface area (Å²) < 4.78 is 0. The van der Waals surface area contributed by atoms with Crippen molar-refractivity contribution in [1.29, 1.82) is 5.26 Å². The summed E-state index contributed by atoms with van der Waals surface area (Å²) in [5.74, 6) is 0. The molecule has 0 heterocycles. The first kappa shape index (κ1) is 10.6. The fourth-order valence-electron chi connectivity index (χ4n) is 1.33. The Morgan fingerprint density at radius 1 is 1.06 bits per heavy atom. The molecule has 2 rings (SSSR count). The van der Waals surface area contributed by atoms with E-state index < -0.39 is 0 Å². The maximum absolute atomic E-state index is 8.98. The molecule has 0 aromatic heterocycles. The van der Waals surface area contributed by atoms with Gasteiger partial charge in [0.1, 0.15) is 6.07 Å². The van der Waals surface area contributed by atoms with Gasteiger partial charge in [-0.15, -0.1) is 0 Å². The molecule has 0 saturated heterocycles. The molecule has 0 radical (unpaired) electrons. The second-order valence-corrected chi connectivity index (χ2v) is 4.40. The smallest absolute Gasteiger partial charge is 0.100 e. The summed E-state index contributed by atoms with van der Waals surface area (Å²) in [5, 5.41) is 8.98. The molecule has 0 aliphatic rings. The topological polar surface area (TPSA) is 49.8 Å². The quantitative estimate of drug-likeness (QED) is 0.799. The van der Waals surface area contributed by atoms with Crippen LogP contribution in [0.3, 0.4) is 0 Å². The van der Waals surface area contributed by atoms with Gasteiger partial charge in [-0.3, -0.25) is 0 Å². The van der Waals surface area contributed by atoms with Crippen LogP contribution in [0.1, 0.15) is 5.56 Å². The molecule has 2 aromatic carbocycles. The third-order valence-corrected chi connectivity index (χ3v) is 3.16. The highest BCUT2D eigenvalue weighted by Gasteiger charge is 2.04. The van der Waals surface area contributed by atoms with Crippen molar-refractivity contribution in [3.05, 3.63) is 54.1 Å². The Morgan fingerprint density at radius 2 is 1.81 bits per heavy atom. The summed E-state index contributed by atoms with van der Waals surface area (Å²) >= 11 is 1.55. The predicted molar refractivity (Wildman–Crippen MR) is 66.1 cm³/mol. The van der Waals surface area contributed by atoms with Crippen molar-refractivity contribution in [2.45, 2.75) is 9.79 Å². The molecule has 0 bridgehead atoms. The van der Waals surface area contributed by atoms with Crippen LogP contribution in [0.2, 0.25) is 0 Å². The largest absolute Gasteiger partial charge is 0.399 e. The average Bonchev–Trinajstić information content (AvgIpc) is 2.31. The summed E-state index contributed by atoms with van der Waals surface area (Å²) in [6, 6.07) is 17.4. The van der Waals surface area contributed by atoms with Crippen LogP contribution in [0.25, 0.3) is 0 Å². The zero-order valence-corrected chi connectivity index (χ0v) is 9.37. The molecular formula is C13H10N2S. The molecule has 3 heteroatoms. The third-order valence-electron chi connectivity index (χ3n) is 2.10. The minimum absolute atomic E-state index is 0.656. The summed E-state index contributed by atoms with van der Waals surface area (Å²) in [4.78, 5) is 2.00. The molecule has 2 aromatic rings. The van der Waals surface area contributed by atoms with E-state index in [0.29, 0.717) is 11.3 Å². The van der Waals surface area contributed by atoms with Crippen molar-refractivity contribution in [1.82, 2.24) is 0 Å². The lowest BCUT2D eigenvalue weighted by molar-refractivity contribution is 1.35. The third kappa shape index (κ3) is 2.36. The Labute approximate surface area is 98.7 Å². The molecule has 0 aliphatic carbocycles. The second kappa shape index (κ2) is 4.73. The molecule has 2 nitrogen and oxygen atoms in total. The van der Waals surface area contributed by atoms with Gasteiger partial charge in [-0.05, 0) is 30.3 Å². The Bertz CT molecular complexity index is 529. The summed E-state index contributed by atoms with van der Waals surface area (Å²) in [6.45, 7) is 0. The minimum atomic E-state index is 0.656. The van der Waals surface area contributed by atoms with Gasteiger partial charge in [0, 0.05) is 15.5 Å². The monoisotopic (exact) mass is 226 g/mol. The SMILES string of the molecule is N#Cc1ccc(N)cc1Sc1ccccc1. The maximum Gasteiger partial charge on any atom is 0.100 e. The van der Waals surface area contributed by atoms with Gasteiger partial charge in [0.2, 0.25) is 0 Å². The zero-order valence-electron chi connectivity index (χ0n) is 8.55. The number of benzene rings is 2. The van der Waals surface area contributed by atoms with Gasteiger partial charge in [-0.2, -0.15) is 5.26 Å². The van der Waals surface area contributed by atoms with Crippen LogP contribution in [0.5, 0.6) is 0 Å². The predicted octanol–water partition coefficient (Wildman–Crippen LogP) is 3.29. The van der Waals surface area contributed by atoms with Gasteiger partial charge >= 0.3 is 0 Å². The van der Waals surface area contributed by atoms with Gasteiger partial charge in [0.15, 0.2) is 0 Å². The number of nitrogens with two attached hydrogens (primary N) is 1. The fraction of sp³-hybridized carbons (Fsp3) is 0. The first-order valence-electron chi connectivity index (χ1n) is 4.82. The number of anilines is 1.